The van der Waals surface area contributed by atoms with Gasteiger partial charge in [0, 0.05) is 12.7 Å². The topological polar surface area (TPSA) is 88.2 Å². The molecule has 106 valence electrons. The molecular weight excluding hydrogens is 258 g/mol. The number of nitrogens with zero attached hydrogens (tertiary/aromatic N) is 2. The summed E-state index contributed by atoms with van der Waals surface area (Å²) in [5, 5.41) is 23.1. The van der Waals surface area contributed by atoms with E-state index in [9.17, 15) is 10.1 Å². The van der Waals surface area contributed by atoms with Gasteiger partial charge in [0.1, 0.15) is 5.69 Å². The average Bonchev–Trinajstić information content (AvgIpc) is 2.98. The number of hydrogen-bond acceptors (Lipinski definition) is 5. The maximum Gasteiger partial charge on any atom is 0.293 e. The van der Waals surface area contributed by atoms with Gasteiger partial charge >= 0.3 is 0 Å². The van der Waals surface area contributed by atoms with Crippen molar-refractivity contribution in [3.05, 3.63) is 33.9 Å². The third-order valence-electron chi connectivity index (χ3n) is 3.52. The van der Waals surface area contributed by atoms with Crippen molar-refractivity contribution in [2.24, 2.45) is 0 Å². The molecule has 6 nitrogen and oxygen atoms in total. The molecule has 2 atom stereocenters. The van der Waals surface area contributed by atoms with Gasteiger partial charge in [-0.25, -0.2) is 0 Å². The number of ether oxygens (including phenoxy) is 1. The highest BCUT2D eigenvalue weighted by Gasteiger charge is 2.26. The minimum atomic E-state index is -0.467. The summed E-state index contributed by atoms with van der Waals surface area (Å²) in [5.74, 6) is 0. The lowest BCUT2D eigenvalue weighted by Gasteiger charge is -2.23. The summed E-state index contributed by atoms with van der Waals surface area (Å²) in [5.41, 5.74) is 0.657. The zero-order valence-electron chi connectivity index (χ0n) is 11.3. The number of nitriles is 1. The molecule has 1 heterocycles. The molecule has 0 saturated carbocycles. The first-order chi connectivity index (χ1) is 9.65. The predicted octanol–water partition coefficient (Wildman–Crippen LogP) is 2.84. The van der Waals surface area contributed by atoms with Crippen molar-refractivity contribution in [1.29, 1.82) is 5.26 Å². The van der Waals surface area contributed by atoms with Crippen LogP contribution in [-0.2, 0) is 4.74 Å². The highest BCUT2D eigenvalue weighted by molar-refractivity contribution is 5.64. The molecule has 1 N–H and O–H groups in total. The Bertz CT molecular complexity index is 533. The lowest BCUT2D eigenvalue weighted by molar-refractivity contribution is -0.384. The van der Waals surface area contributed by atoms with Crippen molar-refractivity contribution in [3.63, 3.8) is 0 Å². The number of nitro groups is 1. The molecule has 1 fully saturated rings. The summed E-state index contributed by atoms with van der Waals surface area (Å²) < 4.78 is 5.64. The summed E-state index contributed by atoms with van der Waals surface area (Å²) in [4.78, 5) is 10.6. The number of rotatable bonds is 5. The van der Waals surface area contributed by atoms with E-state index in [1.807, 2.05) is 13.0 Å². The van der Waals surface area contributed by atoms with Crippen LogP contribution in [0.25, 0.3) is 0 Å². The van der Waals surface area contributed by atoms with Crippen molar-refractivity contribution >= 4 is 11.4 Å². The summed E-state index contributed by atoms with van der Waals surface area (Å²) >= 11 is 0. The Morgan fingerprint density at radius 3 is 3.00 bits per heavy atom. The smallest absolute Gasteiger partial charge is 0.293 e. The van der Waals surface area contributed by atoms with Crippen molar-refractivity contribution in [3.8, 4) is 6.07 Å². The van der Waals surface area contributed by atoms with Gasteiger partial charge in [-0.3, -0.25) is 10.1 Å². The normalized spacial score (nSPS) is 19.3. The van der Waals surface area contributed by atoms with Crippen LogP contribution in [0.2, 0.25) is 0 Å². The molecule has 20 heavy (non-hydrogen) atoms. The van der Waals surface area contributed by atoms with Gasteiger partial charge in [-0.05, 0) is 31.4 Å². The highest BCUT2D eigenvalue weighted by atomic mass is 16.6. The number of anilines is 1. The first-order valence-corrected chi connectivity index (χ1v) is 6.72. The predicted molar refractivity (Wildman–Crippen MR) is 74.5 cm³/mol. The monoisotopic (exact) mass is 275 g/mol. The van der Waals surface area contributed by atoms with Crippen molar-refractivity contribution in [2.45, 2.75) is 38.3 Å². The van der Waals surface area contributed by atoms with Gasteiger partial charge in [-0.2, -0.15) is 5.26 Å². The quantitative estimate of drug-likeness (QED) is 0.659. The Balaban J connectivity index is 2.23. The van der Waals surface area contributed by atoms with E-state index in [0.29, 0.717) is 5.69 Å². The Hall–Kier alpha value is -2.13. The second kappa shape index (κ2) is 6.35. The van der Waals surface area contributed by atoms with Gasteiger partial charge in [0.15, 0.2) is 0 Å². The molecule has 0 aliphatic carbocycles. The Kier molecular flexibility index (Phi) is 4.53. The first kappa shape index (κ1) is 14.3. The molecule has 1 aliphatic heterocycles. The van der Waals surface area contributed by atoms with E-state index in [4.69, 9.17) is 10.00 Å². The van der Waals surface area contributed by atoms with Crippen molar-refractivity contribution in [1.82, 2.24) is 0 Å². The summed E-state index contributed by atoms with van der Waals surface area (Å²) in [7, 11) is 0. The van der Waals surface area contributed by atoms with E-state index in [0.717, 1.165) is 25.9 Å². The highest BCUT2D eigenvalue weighted by Crippen LogP contribution is 2.28. The first-order valence-electron chi connectivity index (χ1n) is 6.72. The van der Waals surface area contributed by atoms with Crippen LogP contribution in [0.1, 0.15) is 31.7 Å². The Labute approximate surface area is 117 Å². The van der Waals surface area contributed by atoms with E-state index >= 15 is 0 Å². The van der Waals surface area contributed by atoms with Crippen LogP contribution in [0.3, 0.4) is 0 Å². The minimum absolute atomic E-state index is 0.0455. The molecular formula is C14H17N3O3. The van der Waals surface area contributed by atoms with E-state index in [1.165, 1.54) is 6.07 Å². The molecule has 0 bridgehead atoms. The standard InChI is InChI=1S/C14H17N3O3/c1-2-11(14-4-3-7-20-14)16-12-6-5-10(9-15)8-13(12)17(18)19/h5-6,8,11,14,16H,2-4,7H2,1H3. The fourth-order valence-electron chi connectivity index (χ4n) is 2.45. The third kappa shape index (κ3) is 3.06. The third-order valence-corrected chi connectivity index (χ3v) is 3.52. The molecule has 6 heteroatoms. The molecule has 0 radical (unpaired) electrons. The zero-order valence-corrected chi connectivity index (χ0v) is 11.3. The van der Waals surface area contributed by atoms with Crippen LogP contribution in [0.5, 0.6) is 0 Å². The van der Waals surface area contributed by atoms with Crippen LogP contribution >= 0.6 is 0 Å². The van der Waals surface area contributed by atoms with Gasteiger partial charge in [-0.1, -0.05) is 6.92 Å². The molecule has 1 saturated heterocycles. The lowest BCUT2D eigenvalue weighted by atomic mass is 10.0. The van der Waals surface area contributed by atoms with Gasteiger partial charge in [0.25, 0.3) is 5.69 Å². The molecule has 0 aromatic heterocycles. The number of nitrogens with one attached hydrogen (secondary N) is 1. The van der Waals surface area contributed by atoms with Gasteiger partial charge in [-0.15, -0.1) is 0 Å². The van der Waals surface area contributed by atoms with E-state index in [2.05, 4.69) is 5.32 Å². The van der Waals surface area contributed by atoms with Gasteiger partial charge < -0.3 is 10.1 Å². The fraction of sp³-hybridized carbons (Fsp3) is 0.500. The summed E-state index contributed by atoms with van der Waals surface area (Å²) in [6.45, 7) is 2.77. The Morgan fingerprint density at radius 2 is 2.45 bits per heavy atom. The lowest BCUT2D eigenvalue weighted by Crippen LogP contribution is -2.32. The van der Waals surface area contributed by atoms with Crippen molar-refractivity contribution < 1.29 is 9.66 Å². The second-order valence-electron chi connectivity index (χ2n) is 4.81. The van der Waals surface area contributed by atoms with Crippen LogP contribution in [-0.4, -0.2) is 23.7 Å². The van der Waals surface area contributed by atoms with Crippen molar-refractivity contribution in [2.75, 3.05) is 11.9 Å². The van der Waals surface area contributed by atoms with Gasteiger partial charge in [0.05, 0.1) is 28.7 Å². The maximum atomic E-state index is 11.1. The van der Waals surface area contributed by atoms with Crippen LogP contribution in [0.4, 0.5) is 11.4 Å². The minimum Gasteiger partial charge on any atom is -0.376 e. The summed E-state index contributed by atoms with van der Waals surface area (Å²) in [6, 6.07) is 6.43. The van der Waals surface area contributed by atoms with E-state index in [1.54, 1.807) is 12.1 Å². The number of nitro benzene ring substituents is 1. The summed E-state index contributed by atoms with van der Waals surface area (Å²) in [6.07, 6.45) is 2.91. The second-order valence-corrected chi connectivity index (χ2v) is 4.81. The number of benzene rings is 1. The number of hydrogen-bond donors (Lipinski definition) is 1. The van der Waals surface area contributed by atoms with Crippen LogP contribution in [0, 0.1) is 21.4 Å². The molecule has 2 rings (SSSR count). The van der Waals surface area contributed by atoms with Gasteiger partial charge in [0.2, 0.25) is 0 Å². The maximum absolute atomic E-state index is 11.1. The Morgan fingerprint density at radius 1 is 1.65 bits per heavy atom. The average molecular weight is 275 g/mol. The molecule has 1 aromatic rings. The SMILES string of the molecule is CCC(Nc1ccc(C#N)cc1[N+](=O)[O-])C1CCCO1. The zero-order chi connectivity index (χ0) is 14.5. The molecule has 1 aliphatic rings. The van der Waals surface area contributed by atoms with Crippen LogP contribution in [0.15, 0.2) is 18.2 Å². The molecule has 2 unspecified atom stereocenters. The largest absolute Gasteiger partial charge is 0.376 e. The van der Waals surface area contributed by atoms with E-state index in [-0.39, 0.29) is 23.4 Å². The fourth-order valence-corrected chi connectivity index (χ4v) is 2.45. The molecule has 0 amide bonds. The molecule has 0 spiro atoms. The van der Waals surface area contributed by atoms with Crippen LogP contribution < -0.4 is 5.32 Å². The van der Waals surface area contributed by atoms with E-state index < -0.39 is 4.92 Å². The molecule has 1 aromatic carbocycles.